The third-order valence-corrected chi connectivity index (χ3v) is 3.81. The van der Waals surface area contributed by atoms with Gasteiger partial charge in [-0.2, -0.15) is 0 Å². The summed E-state index contributed by atoms with van der Waals surface area (Å²) in [5.74, 6) is 1.88. The second-order valence-electron chi connectivity index (χ2n) is 5.31. The molecule has 0 aliphatic carbocycles. The zero-order valence-corrected chi connectivity index (χ0v) is 12.4. The fourth-order valence-corrected chi connectivity index (χ4v) is 2.61. The topological polar surface area (TPSA) is 46.1 Å². The first kappa shape index (κ1) is 14.4. The van der Waals surface area contributed by atoms with E-state index in [4.69, 9.17) is 9.47 Å². The second-order valence-corrected chi connectivity index (χ2v) is 5.31. The summed E-state index contributed by atoms with van der Waals surface area (Å²) in [5, 5.41) is 3.36. The van der Waals surface area contributed by atoms with Crippen LogP contribution in [0.25, 0.3) is 0 Å². The molecule has 2 heterocycles. The second kappa shape index (κ2) is 7.43. The molecule has 0 bridgehead atoms. The summed E-state index contributed by atoms with van der Waals surface area (Å²) < 4.78 is 11.3. The summed E-state index contributed by atoms with van der Waals surface area (Å²) in [6.45, 7) is 7.18. The van der Waals surface area contributed by atoms with Crippen LogP contribution in [-0.4, -0.2) is 63.3 Å². The number of nitrogens with one attached hydrogen (secondary N) is 1. The van der Waals surface area contributed by atoms with Gasteiger partial charge in [0.05, 0.1) is 18.8 Å². The van der Waals surface area contributed by atoms with Crippen LogP contribution in [0, 0.1) is 0 Å². The van der Waals surface area contributed by atoms with Gasteiger partial charge in [0.2, 0.25) is 0 Å². The predicted molar refractivity (Wildman–Crippen MR) is 83.2 cm³/mol. The Labute approximate surface area is 126 Å². The Balaban J connectivity index is 1.58. The Morgan fingerprint density at radius 1 is 1.24 bits per heavy atom. The number of para-hydroxylation sites is 1. The van der Waals surface area contributed by atoms with E-state index in [0.29, 0.717) is 6.61 Å². The highest BCUT2D eigenvalue weighted by atomic mass is 16.5. The van der Waals surface area contributed by atoms with Gasteiger partial charge in [0, 0.05) is 32.7 Å². The summed E-state index contributed by atoms with van der Waals surface area (Å²) in [6.07, 6.45) is 1.10. The quantitative estimate of drug-likeness (QED) is 0.883. The van der Waals surface area contributed by atoms with Crippen LogP contribution in [0.3, 0.4) is 0 Å². The zero-order valence-electron chi connectivity index (χ0n) is 12.4. The number of ether oxygens (including phenoxy) is 2. The minimum absolute atomic E-state index is 0.699. The van der Waals surface area contributed by atoms with E-state index >= 15 is 0 Å². The molecule has 1 aromatic rings. The summed E-state index contributed by atoms with van der Waals surface area (Å²) >= 11 is 0. The van der Waals surface area contributed by atoms with Crippen molar-refractivity contribution in [3.8, 4) is 5.75 Å². The van der Waals surface area contributed by atoms with E-state index in [0.717, 1.165) is 69.5 Å². The van der Waals surface area contributed by atoms with E-state index in [2.05, 4.69) is 21.3 Å². The van der Waals surface area contributed by atoms with E-state index in [-0.39, 0.29) is 0 Å². The number of amidine groups is 1. The van der Waals surface area contributed by atoms with E-state index in [9.17, 15) is 0 Å². The first-order chi connectivity index (χ1) is 10.4. The van der Waals surface area contributed by atoms with E-state index < -0.39 is 0 Å². The van der Waals surface area contributed by atoms with Crippen molar-refractivity contribution in [1.29, 1.82) is 0 Å². The third kappa shape index (κ3) is 3.95. The van der Waals surface area contributed by atoms with Gasteiger partial charge in [-0.1, -0.05) is 12.1 Å². The lowest BCUT2D eigenvalue weighted by Crippen LogP contribution is -2.38. The monoisotopic (exact) mass is 289 g/mol. The highest BCUT2D eigenvalue weighted by Crippen LogP contribution is 2.19. The van der Waals surface area contributed by atoms with Crippen molar-refractivity contribution in [3.63, 3.8) is 0 Å². The molecule has 21 heavy (non-hydrogen) atoms. The molecular weight excluding hydrogens is 266 g/mol. The highest BCUT2D eigenvalue weighted by molar-refractivity contribution is 6.01. The predicted octanol–water partition coefficient (Wildman–Crippen LogP) is 1.14. The smallest absolute Gasteiger partial charge is 0.132 e. The molecule has 3 rings (SSSR count). The molecule has 5 heteroatoms. The zero-order chi connectivity index (χ0) is 14.3. The molecular formula is C16H23N3O2. The maximum atomic E-state index is 5.99. The molecule has 1 saturated heterocycles. The first-order valence-corrected chi connectivity index (χ1v) is 7.74. The first-order valence-electron chi connectivity index (χ1n) is 7.74. The van der Waals surface area contributed by atoms with Gasteiger partial charge in [0.1, 0.15) is 18.2 Å². The molecule has 5 nitrogen and oxygen atoms in total. The van der Waals surface area contributed by atoms with Gasteiger partial charge in [-0.25, -0.2) is 0 Å². The number of aliphatic imine (C=N–C) groups is 1. The van der Waals surface area contributed by atoms with Gasteiger partial charge in [0.15, 0.2) is 0 Å². The van der Waals surface area contributed by atoms with E-state index in [1.165, 1.54) is 0 Å². The molecule has 0 amide bonds. The SMILES string of the molecule is c1ccc(C2=NCCCN2)c(OCCN2CCOCC2)c1. The van der Waals surface area contributed by atoms with Crippen LogP contribution in [0.4, 0.5) is 0 Å². The van der Waals surface area contributed by atoms with Crippen LogP contribution < -0.4 is 10.1 Å². The standard InChI is InChI=1S/C16H23N3O2/c1-2-5-15(14(4-1)16-17-6-3-7-18-16)21-13-10-19-8-11-20-12-9-19/h1-2,4-5H,3,6-13H2,(H,17,18). The van der Waals surface area contributed by atoms with Crippen molar-refractivity contribution in [2.45, 2.75) is 6.42 Å². The van der Waals surface area contributed by atoms with Gasteiger partial charge < -0.3 is 14.8 Å². The van der Waals surface area contributed by atoms with Crippen molar-refractivity contribution in [1.82, 2.24) is 10.2 Å². The number of morpholine rings is 1. The Morgan fingerprint density at radius 2 is 2.10 bits per heavy atom. The van der Waals surface area contributed by atoms with E-state index in [1.807, 2.05) is 18.2 Å². The lowest BCUT2D eigenvalue weighted by Gasteiger charge is -2.26. The van der Waals surface area contributed by atoms with Gasteiger partial charge >= 0.3 is 0 Å². The summed E-state index contributed by atoms with van der Waals surface area (Å²) in [4.78, 5) is 6.93. The average Bonchev–Trinajstić information content (AvgIpc) is 2.57. The van der Waals surface area contributed by atoms with Crippen molar-refractivity contribution in [3.05, 3.63) is 29.8 Å². The van der Waals surface area contributed by atoms with Crippen LogP contribution in [0.1, 0.15) is 12.0 Å². The number of nitrogens with zero attached hydrogens (tertiary/aromatic N) is 2. The van der Waals surface area contributed by atoms with Crippen LogP contribution in [0.5, 0.6) is 5.75 Å². The maximum Gasteiger partial charge on any atom is 0.132 e. The van der Waals surface area contributed by atoms with Crippen LogP contribution in [0.2, 0.25) is 0 Å². The molecule has 0 spiro atoms. The van der Waals surface area contributed by atoms with Gasteiger partial charge in [-0.15, -0.1) is 0 Å². The molecule has 0 aromatic heterocycles. The van der Waals surface area contributed by atoms with Crippen LogP contribution in [-0.2, 0) is 4.74 Å². The molecule has 0 radical (unpaired) electrons. The van der Waals surface area contributed by atoms with Crippen molar-refractivity contribution >= 4 is 5.84 Å². The lowest BCUT2D eigenvalue weighted by atomic mass is 10.1. The maximum absolute atomic E-state index is 5.99. The highest BCUT2D eigenvalue weighted by Gasteiger charge is 2.13. The van der Waals surface area contributed by atoms with Gasteiger partial charge in [-0.3, -0.25) is 9.89 Å². The van der Waals surface area contributed by atoms with Crippen molar-refractivity contribution in [2.75, 3.05) is 52.5 Å². The van der Waals surface area contributed by atoms with Crippen LogP contribution in [0.15, 0.2) is 29.3 Å². The summed E-state index contributed by atoms with van der Waals surface area (Å²) in [6, 6.07) is 8.13. The van der Waals surface area contributed by atoms with Crippen molar-refractivity contribution in [2.24, 2.45) is 4.99 Å². The third-order valence-electron chi connectivity index (χ3n) is 3.81. The molecule has 114 valence electrons. The lowest BCUT2D eigenvalue weighted by molar-refractivity contribution is 0.0322. The fourth-order valence-electron chi connectivity index (χ4n) is 2.61. The Hall–Kier alpha value is -1.59. The minimum Gasteiger partial charge on any atom is -0.491 e. The number of hydrogen-bond acceptors (Lipinski definition) is 5. The molecule has 1 N–H and O–H groups in total. The average molecular weight is 289 g/mol. The Kier molecular flexibility index (Phi) is 5.08. The Morgan fingerprint density at radius 3 is 2.90 bits per heavy atom. The molecule has 0 unspecified atom stereocenters. The van der Waals surface area contributed by atoms with Gasteiger partial charge in [-0.05, 0) is 18.6 Å². The summed E-state index contributed by atoms with van der Waals surface area (Å²) in [7, 11) is 0. The molecule has 2 aliphatic heterocycles. The number of rotatable bonds is 5. The van der Waals surface area contributed by atoms with E-state index in [1.54, 1.807) is 0 Å². The number of benzene rings is 1. The minimum atomic E-state index is 0.699. The Bertz CT molecular complexity index is 484. The van der Waals surface area contributed by atoms with Gasteiger partial charge in [0.25, 0.3) is 0 Å². The molecule has 0 saturated carbocycles. The molecule has 1 fully saturated rings. The largest absolute Gasteiger partial charge is 0.491 e. The normalized spacial score (nSPS) is 19.7. The number of hydrogen-bond donors (Lipinski definition) is 1. The molecule has 2 aliphatic rings. The summed E-state index contributed by atoms with van der Waals surface area (Å²) in [5.41, 5.74) is 1.07. The fraction of sp³-hybridized carbons (Fsp3) is 0.562. The molecule has 0 atom stereocenters. The van der Waals surface area contributed by atoms with Crippen molar-refractivity contribution < 1.29 is 9.47 Å². The van der Waals surface area contributed by atoms with Crippen LogP contribution >= 0.6 is 0 Å². The molecule has 1 aromatic carbocycles.